The molecule has 1 aliphatic carbocycles. The number of esters is 1. The van der Waals surface area contributed by atoms with E-state index in [1.165, 1.54) is 6.07 Å². The van der Waals surface area contributed by atoms with Crippen LogP contribution in [-0.4, -0.2) is 30.2 Å². The highest BCUT2D eigenvalue weighted by atomic mass is 35.5. The van der Waals surface area contributed by atoms with Gasteiger partial charge >= 0.3 is 12.3 Å². The molecular weight excluding hydrogens is 372 g/mol. The summed E-state index contributed by atoms with van der Waals surface area (Å²) in [6.07, 6.45) is -3.22. The largest absolute Gasteiger partial charge is 0.573 e. The highest BCUT2D eigenvalue weighted by Gasteiger charge is 2.40. The highest BCUT2D eigenvalue weighted by Crippen LogP contribution is 2.41. The third-order valence-corrected chi connectivity index (χ3v) is 4.13. The summed E-state index contributed by atoms with van der Waals surface area (Å²) >= 11 is 11.9. The van der Waals surface area contributed by atoms with Crippen molar-refractivity contribution in [2.45, 2.75) is 37.8 Å². The van der Waals surface area contributed by atoms with Gasteiger partial charge in [0.15, 0.2) is 5.60 Å². The molecule has 134 valence electrons. The molecule has 0 bridgehead atoms. The Labute approximate surface area is 146 Å². The third kappa shape index (κ3) is 4.83. The lowest BCUT2D eigenvalue weighted by Crippen LogP contribution is -2.36. The van der Waals surface area contributed by atoms with Crippen molar-refractivity contribution in [2.75, 3.05) is 11.8 Å². The molecule has 1 fully saturated rings. The van der Waals surface area contributed by atoms with Gasteiger partial charge < -0.3 is 14.2 Å². The smallest absolute Gasteiger partial charge is 0.490 e. The van der Waals surface area contributed by atoms with Gasteiger partial charge in [-0.3, -0.25) is 4.79 Å². The van der Waals surface area contributed by atoms with Crippen molar-refractivity contribution in [3.05, 3.63) is 23.8 Å². The summed E-state index contributed by atoms with van der Waals surface area (Å²) in [4.78, 5) is 11.4. The van der Waals surface area contributed by atoms with E-state index in [0.717, 1.165) is 31.9 Å². The zero-order valence-corrected chi connectivity index (χ0v) is 14.2. The molecule has 1 saturated carbocycles. The fraction of sp³-hybridized carbons (Fsp3) is 0.533. The summed E-state index contributed by atoms with van der Waals surface area (Å²) in [5.74, 6) is -1.41. The first-order valence-corrected chi connectivity index (χ1v) is 8.14. The molecule has 4 nitrogen and oxygen atoms in total. The van der Waals surface area contributed by atoms with Crippen LogP contribution in [0.3, 0.4) is 0 Å². The fourth-order valence-corrected chi connectivity index (χ4v) is 2.78. The number of benzene rings is 1. The molecule has 0 N–H and O–H groups in total. The summed E-state index contributed by atoms with van der Waals surface area (Å²) in [5.41, 5.74) is -1.39. The van der Waals surface area contributed by atoms with Gasteiger partial charge in [0.25, 0.3) is 0 Å². The summed E-state index contributed by atoms with van der Waals surface area (Å²) < 4.78 is 52.3. The van der Waals surface area contributed by atoms with E-state index in [2.05, 4.69) is 4.74 Å². The normalized spacial score (nSPS) is 15.1. The van der Waals surface area contributed by atoms with Gasteiger partial charge in [0.1, 0.15) is 11.5 Å². The van der Waals surface area contributed by atoms with Crippen LogP contribution in [0.15, 0.2) is 18.2 Å². The Kier molecular flexibility index (Phi) is 5.75. The molecule has 1 aromatic carbocycles. The second kappa shape index (κ2) is 7.27. The molecule has 1 aliphatic rings. The molecule has 0 aliphatic heterocycles. The number of carbonyl (C=O) groups excluding carboxylic acids is 1. The second-order valence-corrected chi connectivity index (χ2v) is 5.91. The molecule has 1 aromatic rings. The number of ether oxygens (including phenoxy) is 3. The molecule has 9 heteroatoms. The van der Waals surface area contributed by atoms with Crippen molar-refractivity contribution < 1.29 is 32.2 Å². The zero-order valence-electron chi connectivity index (χ0n) is 12.7. The van der Waals surface area contributed by atoms with Crippen LogP contribution in [0, 0.1) is 0 Å². The standard InChI is InChI=1S/C15H15Cl2F3O4/c1-9(21)23-14(7-16,8-17)12-6-11(24-15(18,19)20)4-5-13(12)22-10-2-3-10/h4-6,10H,2-3,7-8H2,1H3. The molecule has 2 rings (SSSR count). The van der Waals surface area contributed by atoms with Crippen LogP contribution in [0.2, 0.25) is 0 Å². The Balaban J connectivity index is 2.47. The van der Waals surface area contributed by atoms with Gasteiger partial charge in [0, 0.05) is 12.5 Å². The van der Waals surface area contributed by atoms with E-state index >= 15 is 0 Å². The Bertz CT molecular complexity index is 599. The van der Waals surface area contributed by atoms with Crippen molar-refractivity contribution >= 4 is 29.2 Å². The number of hydrogen-bond donors (Lipinski definition) is 0. The van der Waals surface area contributed by atoms with Gasteiger partial charge in [0.05, 0.1) is 17.9 Å². The molecule has 0 unspecified atom stereocenters. The number of carbonyl (C=O) groups is 1. The molecule has 0 spiro atoms. The topological polar surface area (TPSA) is 44.8 Å². The van der Waals surface area contributed by atoms with Crippen LogP contribution in [0.1, 0.15) is 25.3 Å². The molecule has 0 heterocycles. The fourth-order valence-electron chi connectivity index (χ4n) is 2.09. The van der Waals surface area contributed by atoms with E-state index in [9.17, 15) is 18.0 Å². The van der Waals surface area contributed by atoms with Crippen LogP contribution in [0.5, 0.6) is 11.5 Å². The van der Waals surface area contributed by atoms with Gasteiger partial charge in [0.2, 0.25) is 0 Å². The van der Waals surface area contributed by atoms with E-state index in [0.29, 0.717) is 0 Å². The number of alkyl halides is 5. The predicted octanol–water partition coefficient (Wildman–Crippen LogP) is 4.36. The van der Waals surface area contributed by atoms with Gasteiger partial charge in [-0.2, -0.15) is 0 Å². The summed E-state index contributed by atoms with van der Waals surface area (Å²) in [6.45, 7) is 1.16. The minimum atomic E-state index is -4.86. The van der Waals surface area contributed by atoms with Crippen LogP contribution >= 0.6 is 23.2 Å². The first-order valence-electron chi connectivity index (χ1n) is 7.07. The van der Waals surface area contributed by atoms with Crippen LogP contribution in [-0.2, 0) is 15.1 Å². The minimum absolute atomic E-state index is 0.0289. The van der Waals surface area contributed by atoms with Crippen LogP contribution in [0.25, 0.3) is 0 Å². The quantitative estimate of drug-likeness (QED) is 0.515. The monoisotopic (exact) mass is 386 g/mol. The van der Waals surface area contributed by atoms with E-state index in [-0.39, 0.29) is 29.2 Å². The lowest BCUT2D eigenvalue weighted by molar-refractivity contribution is -0.274. The van der Waals surface area contributed by atoms with Crippen molar-refractivity contribution in [1.29, 1.82) is 0 Å². The van der Waals surface area contributed by atoms with Gasteiger partial charge in [-0.05, 0) is 31.0 Å². The van der Waals surface area contributed by atoms with Crippen molar-refractivity contribution in [3.8, 4) is 11.5 Å². The van der Waals surface area contributed by atoms with Crippen LogP contribution < -0.4 is 9.47 Å². The van der Waals surface area contributed by atoms with Gasteiger partial charge in [-0.1, -0.05) is 0 Å². The predicted molar refractivity (Wildman–Crippen MR) is 81.7 cm³/mol. The van der Waals surface area contributed by atoms with Crippen molar-refractivity contribution in [2.24, 2.45) is 0 Å². The number of hydrogen-bond acceptors (Lipinski definition) is 4. The van der Waals surface area contributed by atoms with E-state index < -0.39 is 23.7 Å². The van der Waals surface area contributed by atoms with E-state index in [1.807, 2.05) is 0 Å². The molecule has 0 saturated heterocycles. The SMILES string of the molecule is CC(=O)OC(CCl)(CCl)c1cc(OC(F)(F)F)ccc1OC1CC1. The van der Waals surface area contributed by atoms with Gasteiger partial charge in [-0.25, -0.2) is 0 Å². The van der Waals surface area contributed by atoms with E-state index in [1.54, 1.807) is 0 Å². The van der Waals surface area contributed by atoms with Crippen molar-refractivity contribution in [3.63, 3.8) is 0 Å². The first kappa shape index (κ1) is 19.0. The molecule has 0 aromatic heterocycles. The third-order valence-electron chi connectivity index (χ3n) is 3.26. The minimum Gasteiger partial charge on any atom is -0.490 e. The maximum Gasteiger partial charge on any atom is 0.573 e. The first-order chi connectivity index (χ1) is 11.2. The molecule has 0 radical (unpaired) electrons. The number of rotatable bonds is 7. The average molecular weight is 387 g/mol. The Morgan fingerprint density at radius 3 is 2.33 bits per heavy atom. The number of halogens is 5. The molecular formula is C15H15Cl2F3O4. The Hall–Kier alpha value is -1.34. The van der Waals surface area contributed by atoms with Gasteiger partial charge in [-0.15, -0.1) is 36.4 Å². The molecule has 24 heavy (non-hydrogen) atoms. The summed E-state index contributed by atoms with van der Waals surface area (Å²) in [5, 5.41) is 0. The maximum absolute atomic E-state index is 12.5. The molecule has 0 amide bonds. The lowest BCUT2D eigenvalue weighted by Gasteiger charge is -2.31. The zero-order chi connectivity index (χ0) is 18.0. The highest BCUT2D eigenvalue weighted by molar-refractivity contribution is 6.22. The van der Waals surface area contributed by atoms with E-state index in [4.69, 9.17) is 32.7 Å². The summed E-state index contributed by atoms with van der Waals surface area (Å²) in [6, 6.07) is 3.53. The second-order valence-electron chi connectivity index (χ2n) is 5.38. The Morgan fingerprint density at radius 2 is 1.88 bits per heavy atom. The molecule has 0 atom stereocenters. The maximum atomic E-state index is 12.5. The Morgan fingerprint density at radius 1 is 1.25 bits per heavy atom. The average Bonchev–Trinajstić information content (AvgIpc) is 3.29. The van der Waals surface area contributed by atoms with Crippen molar-refractivity contribution in [1.82, 2.24) is 0 Å². The van der Waals surface area contributed by atoms with Crippen LogP contribution in [0.4, 0.5) is 13.2 Å². The summed E-state index contributed by atoms with van der Waals surface area (Å²) in [7, 11) is 0. The lowest BCUT2D eigenvalue weighted by atomic mass is 9.96.